The molecular formula is C15H19NO2. The average molecular weight is 245 g/mol. The molecule has 1 heterocycles. The summed E-state index contributed by atoms with van der Waals surface area (Å²) in [7, 11) is 1.64. The molecule has 1 atom stereocenters. The molecule has 96 valence electrons. The van der Waals surface area contributed by atoms with E-state index in [1.165, 1.54) is 0 Å². The Morgan fingerprint density at radius 2 is 2.11 bits per heavy atom. The molecule has 0 bridgehead atoms. The van der Waals surface area contributed by atoms with E-state index in [0.29, 0.717) is 5.75 Å². The lowest BCUT2D eigenvalue weighted by Gasteiger charge is -2.14. The van der Waals surface area contributed by atoms with E-state index in [1.54, 1.807) is 7.11 Å². The predicted octanol–water partition coefficient (Wildman–Crippen LogP) is 3.77. The number of methoxy groups -OCH3 is 1. The highest BCUT2D eigenvalue weighted by molar-refractivity contribution is 5.85. The van der Waals surface area contributed by atoms with Crippen LogP contribution in [0.5, 0.6) is 11.5 Å². The molecule has 1 unspecified atom stereocenters. The standard InChI is InChI=1S/C15H19NO2/c1-5-9(2)14-15(17)10(3)12-8-11(18-4)6-7-13(12)16-14/h6-9,17H,5H2,1-4H3. The summed E-state index contributed by atoms with van der Waals surface area (Å²) in [6, 6.07) is 5.75. The second-order valence-corrected chi connectivity index (χ2v) is 4.66. The first-order chi connectivity index (χ1) is 8.58. The van der Waals surface area contributed by atoms with E-state index >= 15 is 0 Å². The van der Waals surface area contributed by atoms with Crippen LogP contribution in [0.3, 0.4) is 0 Å². The number of hydrogen-bond donors (Lipinski definition) is 1. The van der Waals surface area contributed by atoms with Crippen molar-refractivity contribution in [2.45, 2.75) is 33.1 Å². The third-order valence-electron chi connectivity index (χ3n) is 3.53. The van der Waals surface area contributed by atoms with E-state index in [1.807, 2.05) is 25.1 Å². The van der Waals surface area contributed by atoms with Gasteiger partial charge in [0.2, 0.25) is 0 Å². The fourth-order valence-corrected chi connectivity index (χ4v) is 2.08. The summed E-state index contributed by atoms with van der Waals surface area (Å²) in [5.41, 5.74) is 2.56. The van der Waals surface area contributed by atoms with Crippen molar-refractivity contribution in [2.75, 3.05) is 7.11 Å². The number of rotatable bonds is 3. The van der Waals surface area contributed by atoms with E-state index in [-0.39, 0.29) is 5.92 Å². The average Bonchev–Trinajstić information content (AvgIpc) is 2.41. The first kappa shape index (κ1) is 12.7. The molecule has 0 saturated carbocycles. The fraction of sp³-hybridized carbons (Fsp3) is 0.400. The minimum absolute atomic E-state index is 0.259. The van der Waals surface area contributed by atoms with E-state index in [2.05, 4.69) is 18.8 Å². The maximum Gasteiger partial charge on any atom is 0.140 e. The Hall–Kier alpha value is -1.77. The third-order valence-corrected chi connectivity index (χ3v) is 3.53. The van der Waals surface area contributed by atoms with Crippen molar-refractivity contribution in [1.29, 1.82) is 0 Å². The van der Waals surface area contributed by atoms with E-state index in [9.17, 15) is 5.11 Å². The van der Waals surface area contributed by atoms with Gasteiger partial charge in [-0.2, -0.15) is 0 Å². The van der Waals surface area contributed by atoms with Gasteiger partial charge < -0.3 is 9.84 Å². The Morgan fingerprint density at radius 1 is 1.39 bits per heavy atom. The van der Waals surface area contributed by atoms with Crippen molar-refractivity contribution in [3.8, 4) is 11.5 Å². The first-order valence-electron chi connectivity index (χ1n) is 6.25. The summed E-state index contributed by atoms with van der Waals surface area (Å²) in [5.74, 6) is 1.35. The van der Waals surface area contributed by atoms with Crippen LogP contribution < -0.4 is 4.74 Å². The second kappa shape index (κ2) is 4.84. The highest BCUT2D eigenvalue weighted by Gasteiger charge is 2.15. The largest absolute Gasteiger partial charge is 0.506 e. The Labute approximate surface area is 107 Å². The zero-order valence-corrected chi connectivity index (χ0v) is 11.3. The van der Waals surface area contributed by atoms with Gasteiger partial charge in [-0.1, -0.05) is 13.8 Å². The van der Waals surface area contributed by atoms with Crippen molar-refractivity contribution >= 4 is 10.9 Å². The molecule has 1 N–H and O–H groups in total. The van der Waals surface area contributed by atoms with Crippen LogP contribution in [-0.2, 0) is 0 Å². The number of fused-ring (bicyclic) bond motifs is 1. The monoisotopic (exact) mass is 245 g/mol. The lowest BCUT2D eigenvalue weighted by molar-refractivity contribution is 0.415. The number of aryl methyl sites for hydroxylation is 1. The summed E-state index contributed by atoms with van der Waals surface area (Å²) < 4.78 is 5.21. The molecule has 0 aliphatic rings. The summed E-state index contributed by atoms with van der Waals surface area (Å²) >= 11 is 0. The number of aromatic nitrogens is 1. The van der Waals surface area contributed by atoms with Crippen molar-refractivity contribution in [2.24, 2.45) is 0 Å². The fourth-order valence-electron chi connectivity index (χ4n) is 2.08. The number of pyridine rings is 1. The number of ether oxygens (including phenoxy) is 1. The van der Waals surface area contributed by atoms with Gasteiger partial charge in [-0.15, -0.1) is 0 Å². The Kier molecular flexibility index (Phi) is 3.41. The smallest absolute Gasteiger partial charge is 0.140 e. The molecule has 0 amide bonds. The molecule has 3 heteroatoms. The maximum absolute atomic E-state index is 10.3. The topological polar surface area (TPSA) is 42.4 Å². The quantitative estimate of drug-likeness (QED) is 0.895. The molecule has 0 fully saturated rings. The van der Waals surface area contributed by atoms with Crippen molar-refractivity contribution in [3.63, 3.8) is 0 Å². The van der Waals surface area contributed by atoms with Gasteiger partial charge >= 0.3 is 0 Å². The van der Waals surface area contributed by atoms with Crippen LogP contribution >= 0.6 is 0 Å². The Balaban J connectivity index is 2.70. The number of hydrogen-bond acceptors (Lipinski definition) is 3. The van der Waals surface area contributed by atoms with Crippen LogP contribution in [0.25, 0.3) is 10.9 Å². The molecule has 0 radical (unpaired) electrons. The van der Waals surface area contributed by atoms with Gasteiger partial charge in [-0.25, -0.2) is 4.98 Å². The summed E-state index contributed by atoms with van der Waals surface area (Å²) in [6.45, 7) is 6.10. The second-order valence-electron chi connectivity index (χ2n) is 4.66. The maximum atomic E-state index is 10.3. The molecule has 0 spiro atoms. The predicted molar refractivity (Wildman–Crippen MR) is 73.4 cm³/mol. The van der Waals surface area contributed by atoms with Gasteiger partial charge in [-0.3, -0.25) is 0 Å². The van der Waals surface area contributed by atoms with E-state index in [4.69, 9.17) is 4.74 Å². The Bertz CT molecular complexity index is 578. The molecule has 3 nitrogen and oxygen atoms in total. The number of nitrogens with zero attached hydrogens (tertiary/aromatic N) is 1. The van der Waals surface area contributed by atoms with Gasteiger partial charge in [0.25, 0.3) is 0 Å². The minimum Gasteiger partial charge on any atom is -0.506 e. The van der Waals surface area contributed by atoms with Crippen LogP contribution in [0.4, 0.5) is 0 Å². The zero-order chi connectivity index (χ0) is 13.3. The van der Waals surface area contributed by atoms with Crippen LogP contribution in [0.15, 0.2) is 18.2 Å². The molecule has 1 aromatic carbocycles. The zero-order valence-electron chi connectivity index (χ0n) is 11.3. The van der Waals surface area contributed by atoms with Crippen LogP contribution in [0.1, 0.15) is 37.4 Å². The van der Waals surface area contributed by atoms with Crippen molar-refractivity contribution in [1.82, 2.24) is 4.98 Å². The van der Waals surface area contributed by atoms with Crippen LogP contribution in [0.2, 0.25) is 0 Å². The lowest BCUT2D eigenvalue weighted by atomic mass is 9.99. The highest BCUT2D eigenvalue weighted by Crippen LogP contribution is 2.34. The molecule has 2 aromatic rings. The third kappa shape index (κ3) is 2.01. The van der Waals surface area contributed by atoms with Gasteiger partial charge in [0.05, 0.1) is 18.3 Å². The van der Waals surface area contributed by atoms with E-state index in [0.717, 1.165) is 34.3 Å². The molecule has 18 heavy (non-hydrogen) atoms. The molecule has 0 aliphatic heterocycles. The first-order valence-corrected chi connectivity index (χ1v) is 6.25. The van der Waals surface area contributed by atoms with Gasteiger partial charge in [0.1, 0.15) is 11.5 Å². The van der Waals surface area contributed by atoms with Crippen molar-refractivity contribution < 1.29 is 9.84 Å². The number of aromatic hydroxyl groups is 1. The van der Waals surface area contributed by atoms with Crippen molar-refractivity contribution in [3.05, 3.63) is 29.5 Å². The summed E-state index contributed by atoms with van der Waals surface area (Å²) in [6.07, 6.45) is 0.960. The minimum atomic E-state index is 0.259. The van der Waals surface area contributed by atoms with Gasteiger partial charge in [-0.05, 0) is 31.5 Å². The molecule has 0 aliphatic carbocycles. The molecular weight excluding hydrogens is 226 g/mol. The van der Waals surface area contributed by atoms with E-state index < -0.39 is 0 Å². The lowest BCUT2D eigenvalue weighted by Crippen LogP contribution is -1.99. The highest BCUT2D eigenvalue weighted by atomic mass is 16.5. The molecule has 0 saturated heterocycles. The normalized spacial score (nSPS) is 12.7. The van der Waals surface area contributed by atoms with Crippen LogP contribution in [-0.4, -0.2) is 17.2 Å². The van der Waals surface area contributed by atoms with Gasteiger partial charge in [0.15, 0.2) is 0 Å². The number of benzene rings is 1. The Morgan fingerprint density at radius 3 is 2.72 bits per heavy atom. The van der Waals surface area contributed by atoms with Gasteiger partial charge in [0, 0.05) is 16.9 Å². The summed E-state index contributed by atoms with van der Waals surface area (Å²) in [5, 5.41) is 11.2. The van der Waals surface area contributed by atoms with Crippen LogP contribution in [0, 0.1) is 6.92 Å². The molecule has 1 aromatic heterocycles. The molecule has 2 rings (SSSR count). The summed E-state index contributed by atoms with van der Waals surface area (Å²) in [4.78, 5) is 4.58. The SMILES string of the molecule is CCC(C)c1nc2ccc(OC)cc2c(C)c1O.